The van der Waals surface area contributed by atoms with Crippen LogP contribution in [0.25, 0.3) is 0 Å². The Hall–Kier alpha value is -2.14. The van der Waals surface area contributed by atoms with Gasteiger partial charge in [0.2, 0.25) is 5.88 Å². The zero-order valence-electron chi connectivity index (χ0n) is 8.50. The van der Waals surface area contributed by atoms with Crippen molar-refractivity contribution in [2.75, 3.05) is 0 Å². The molecule has 0 bridgehead atoms. The van der Waals surface area contributed by atoms with Crippen molar-refractivity contribution in [2.45, 2.75) is 0 Å². The van der Waals surface area contributed by atoms with Crippen molar-refractivity contribution in [2.24, 2.45) is 0 Å². The topological polar surface area (TPSA) is 72.3 Å². The van der Waals surface area contributed by atoms with E-state index in [4.69, 9.17) is 21.4 Å². The number of ether oxygens (including phenoxy) is 1. The summed E-state index contributed by atoms with van der Waals surface area (Å²) in [6.07, 6.45) is 2.46. The molecule has 1 aromatic carbocycles. The standard InChI is InChI=1S/C11H7ClN2O3/c12-7-3-1-2-4-9(7)17-10-6-13-5-8(14-10)11(15)16/h1-6H,(H,15,16). The van der Waals surface area contributed by atoms with Gasteiger partial charge >= 0.3 is 5.97 Å². The van der Waals surface area contributed by atoms with Gasteiger partial charge < -0.3 is 9.84 Å². The Kier molecular flexibility index (Phi) is 3.20. The van der Waals surface area contributed by atoms with Crippen LogP contribution >= 0.6 is 11.6 Å². The van der Waals surface area contributed by atoms with Gasteiger partial charge in [0.15, 0.2) is 5.69 Å². The normalized spacial score (nSPS) is 9.94. The number of carbonyl (C=O) groups is 1. The lowest BCUT2D eigenvalue weighted by atomic mass is 10.3. The molecule has 0 aliphatic carbocycles. The van der Waals surface area contributed by atoms with E-state index in [1.807, 2.05) is 0 Å². The number of nitrogens with zero attached hydrogens (tertiary/aromatic N) is 2. The fourth-order valence-electron chi connectivity index (χ4n) is 1.14. The number of carboxylic acids is 1. The quantitative estimate of drug-likeness (QED) is 0.907. The summed E-state index contributed by atoms with van der Waals surface area (Å²) in [7, 11) is 0. The van der Waals surface area contributed by atoms with Crippen molar-refractivity contribution >= 4 is 17.6 Å². The molecule has 0 aliphatic heterocycles. The molecule has 0 saturated carbocycles. The number of para-hydroxylation sites is 1. The summed E-state index contributed by atoms with van der Waals surface area (Å²) >= 11 is 5.89. The van der Waals surface area contributed by atoms with Crippen LogP contribution in [0, 0.1) is 0 Å². The van der Waals surface area contributed by atoms with Gasteiger partial charge in [0.05, 0.1) is 17.4 Å². The van der Waals surface area contributed by atoms with Crippen molar-refractivity contribution in [3.63, 3.8) is 0 Å². The molecule has 1 N–H and O–H groups in total. The second-order valence-electron chi connectivity index (χ2n) is 3.08. The highest BCUT2D eigenvalue weighted by Gasteiger charge is 2.08. The second kappa shape index (κ2) is 4.80. The van der Waals surface area contributed by atoms with Crippen molar-refractivity contribution in [1.29, 1.82) is 0 Å². The van der Waals surface area contributed by atoms with Gasteiger partial charge in [-0.3, -0.25) is 4.98 Å². The molecule has 86 valence electrons. The molecule has 5 nitrogen and oxygen atoms in total. The van der Waals surface area contributed by atoms with E-state index in [1.54, 1.807) is 24.3 Å². The van der Waals surface area contributed by atoms with E-state index in [2.05, 4.69) is 9.97 Å². The maximum absolute atomic E-state index is 10.7. The van der Waals surface area contributed by atoms with Crippen molar-refractivity contribution < 1.29 is 14.6 Å². The Labute approximate surface area is 102 Å². The molecule has 0 atom stereocenters. The van der Waals surface area contributed by atoms with Crippen molar-refractivity contribution in [1.82, 2.24) is 9.97 Å². The van der Waals surface area contributed by atoms with Gasteiger partial charge in [-0.15, -0.1) is 0 Å². The van der Waals surface area contributed by atoms with Crippen LogP contribution in [0.5, 0.6) is 11.6 Å². The first-order valence-electron chi connectivity index (χ1n) is 4.64. The van der Waals surface area contributed by atoms with Crippen LogP contribution in [0.4, 0.5) is 0 Å². The molecular formula is C11H7ClN2O3. The van der Waals surface area contributed by atoms with E-state index in [1.165, 1.54) is 6.20 Å². The molecule has 0 fully saturated rings. The average Bonchev–Trinajstić information content (AvgIpc) is 2.32. The summed E-state index contributed by atoms with van der Waals surface area (Å²) < 4.78 is 5.33. The zero-order chi connectivity index (χ0) is 12.3. The van der Waals surface area contributed by atoms with E-state index < -0.39 is 5.97 Å². The van der Waals surface area contributed by atoms with Gasteiger partial charge in [0.25, 0.3) is 0 Å². The first kappa shape index (κ1) is 11.3. The predicted octanol–water partition coefficient (Wildman–Crippen LogP) is 2.62. The van der Waals surface area contributed by atoms with Gasteiger partial charge in [-0.05, 0) is 12.1 Å². The second-order valence-corrected chi connectivity index (χ2v) is 3.49. The molecule has 0 aliphatic rings. The smallest absolute Gasteiger partial charge is 0.356 e. The van der Waals surface area contributed by atoms with E-state index in [0.29, 0.717) is 10.8 Å². The molecule has 1 aromatic heterocycles. The number of benzene rings is 1. The number of carboxylic acid groups (broad SMARTS) is 1. The third-order valence-electron chi connectivity index (χ3n) is 1.88. The maximum Gasteiger partial charge on any atom is 0.356 e. The molecule has 2 aromatic rings. The predicted molar refractivity (Wildman–Crippen MR) is 60.5 cm³/mol. The Balaban J connectivity index is 2.28. The Morgan fingerprint density at radius 2 is 2.06 bits per heavy atom. The van der Waals surface area contributed by atoms with Crippen LogP contribution in [0.1, 0.15) is 10.5 Å². The van der Waals surface area contributed by atoms with Crippen LogP contribution in [-0.4, -0.2) is 21.0 Å². The van der Waals surface area contributed by atoms with Crippen molar-refractivity contribution in [3.8, 4) is 11.6 Å². The van der Waals surface area contributed by atoms with Crippen LogP contribution in [0.15, 0.2) is 36.7 Å². The number of halogens is 1. The van der Waals surface area contributed by atoms with Crippen LogP contribution in [0.3, 0.4) is 0 Å². The van der Waals surface area contributed by atoms with Crippen LogP contribution < -0.4 is 4.74 Å². The lowest BCUT2D eigenvalue weighted by Gasteiger charge is -2.05. The highest BCUT2D eigenvalue weighted by Crippen LogP contribution is 2.27. The van der Waals surface area contributed by atoms with Gasteiger partial charge in [0, 0.05) is 0 Å². The summed E-state index contributed by atoms with van der Waals surface area (Å²) in [5, 5.41) is 9.16. The third kappa shape index (κ3) is 2.70. The van der Waals surface area contributed by atoms with Crippen LogP contribution in [0.2, 0.25) is 5.02 Å². The molecule has 17 heavy (non-hydrogen) atoms. The minimum Gasteiger partial charge on any atom is -0.476 e. The summed E-state index contributed by atoms with van der Waals surface area (Å²) in [6, 6.07) is 6.81. The Morgan fingerprint density at radius 1 is 1.29 bits per heavy atom. The average molecular weight is 251 g/mol. The largest absolute Gasteiger partial charge is 0.476 e. The molecule has 0 radical (unpaired) electrons. The number of hydrogen-bond donors (Lipinski definition) is 1. The van der Waals surface area contributed by atoms with E-state index in [0.717, 1.165) is 6.20 Å². The summed E-state index contributed by atoms with van der Waals surface area (Å²) in [6.45, 7) is 0. The zero-order valence-corrected chi connectivity index (χ0v) is 9.26. The van der Waals surface area contributed by atoms with E-state index in [-0.39, 0.29) is 11.6 Å². The third-order valence-corrected chi connectivity index (χ3v) is 2.19. The monoisotopic (exact) mass is 250 g/mol. The SMILES string of the molecule is O=C(O)c1cncc(Oc2ccccc2Cl)n1. The highest BCUT2D eigenvalue weighted by molar-refractivity contribution is 6.32. The fourth-order valence-corrected chi connectivity index (χ4v) is 1.31. The molecule has 2 rings (SSSR count). The van der Waals surface area contributed by atoms with Crippen LogP contribution in [-0.2, 0) is 0 Å². The number of hydrogen-bond acceptors (Lipinski definition) is 4. The lowest BCUT2D eigenvalue weighted by Crippen LogP contribution is -2.02. The highest BCUT2D eigenvalue weighted by atomic mass is 35.5. The molecule has 0 spiro atoms. The first-order chi connectivity index (χ1) is 8.16. The summed E-state index contributed by atoms with van der Waals surface area (Å²) in [5.41, 5.74) is -0.186. The number of aromatic carboxylic acids is 1. The number of aromatic nitrogens is 2. The molecule has 0 unspecified atom stereocenters. The fraction of sp³-hybridized carbons (Fsp3) is 0. The summed E-state index contributed by atoms with van der Waals surface area (Å²) in [4.78, 5) is 18.2. The van der Waals surface area contributed by atoms with E-state index in [9.17, 15) is 4.79 Å². The lowest BCUT2D eigenvalue weighted by molar-refractivity contribution is 0.0689. The molecular weight excluding hydrogens is 244 g/mol. The maximum atomic E-state index is 10.7. The number of rotatable bonds is 3. The molecule has 0 saturated heterocycles. The summed E-state index contributed by atoms with van der Waals surface area (Å²) in [5.74, 6) is -0.689. The molecule has 6 heteroatoms. The van der Waals surface area contributed by atoms with Crippen molar-refractivity contribution in [3.05, 3.63) is 47.4 Å². The van der Waals surface area contributed by atoms with Gasteiger partial charge in [-0.2, -0.15) is 0 Å². The molecule has 1 heterocycles. The molecule has 0 amide bonds. The Bertz CT molecular complexity index is 560. The first-order valence-corrected chi connectivity index (χ1v) is 5.02. The van der Waals surface area contributed by atoms with Gasteiger partial charge in [-0.1, -0.05) is 23.7 Å². The van der Waals surface area contributed by atoms with Gasteiger partial charge in [0.1, 0.15) is 5.75 Å². The van der Waals surface area contributed by atoms with Gasteiger partial charge in [-0.25, -0.2) is 9.78 Å². The van der Waals surface area contributed by atoms with E-state index >= 15 is 0 Å². The minimum absolute atomic E-state index is 0.0815. The Morgan fingerprint density at radius 3 is 2.76 bits per heavy atom. The minimum atomic E-state index is -1.16.